The molecule has 0 aliphatic carbocycles. The minimum Gasteiger partial charge on any atom is -0.744 e. The summed E-state index contributed by atoms with van der Waals surface area (Å²) in [6.45, 7) is 3.67. The van der Waals surface area contributed by atoms with Gasteiger partial charge in [0, 0.05) is 17.5 Å². The number of rotatable bonds is 2. The maximum Gasteiger partial charge on any atom is 1.00 e. The fourth-order valence-corrected chi connectivity index (χ4v) is 1.98. The summed E-state index contributed by atoms with van der Waals surface area (Å²) in [7, 11) is -4.46. The molecule has 0 saturated heterocycles. The molecule has 1 aliphatic rings. The quantitative estimate of drug-likeness (QED) is 0.462. The first-order valence-electron chi connectivity index (χ1n) is 4.66. The van der Waals surface area contributed by atoms with E-state index in [-0.39, 0.29) is 40.4 Å². The zero-order chi connectivity index (χ0) is 12.6. The van der Waals surface area contributed by atoms with E-state index < -0.39 is 10.1 Å². The molecule has 0 atom stereocenters. The third kappa shape index (κ3) is 2.90. The van der Waals surface area contributed by atoms with Crippen molar-refractivity contribution < 1.29 is 47.3 Å². The van der Waals surface area contributed by atoms with E-state index >= 15 is 0 Å². The Hall–Kier alpha value is -0.920. The number of anilines is 1. The van der Waals surface area contributed by atoms with Crippen molar-refractivity contribution in [1.29, 1.82) is 0 Å². The summed E-state index contributed by atoms with van der Waals surface area (Å²) in [5, 5.41) is 0. The van der Waals surface area contributed by atoms with Crippen LogP contribution in [0.4, 0.5) is 5.69 Å². The maximum absolute atomic E-state index is 11.5. The second-order valence-corrected chi connectivity index (χ2v) is 4.83. The van der Waals surface area contributed by atoms with Gasteiger partial charge in [-0.05, 0) is 30.3 Å². The van der Waals surface area contributed by atoms with Gasteiger partial charge in [-0.2, -0.15) is 0 Å². The van der Waals surface area contributed by atoms with E-state index in [1.165, 1.54) is 23.1 Å². The Morgan fingerprint density at radius 1 is 1.11 bits per heavy atom. The third-order valence-electron chi connectivity index (χ3n) is 2.31. The summed E-state index contributed by atoms with van der Waals surface area (Å²) in [5.41, 5.74) is 0.963. The molecule has 5 nitrogen and oxygen atoms in total. The van der Waals surface area contributed by atoms with Crippen LogP contribution in [-0.2, 0) is 14.9 Å². The second kappa shape index (κ2) is 5.38. The number of carbonyl (C=O) groups excluding carboxylic acids is 1. The van der Waals surface area contributed by atoms with Gasteiger partial charge in [0.15, 0.2) is 0 Å². The fourth-order valence-electron chi connectivity index (χ4n) is 1.51. The van der Waals surface area contributed by atoms with Gasteiger partial charge in [0.25, 0.3) is 5.91 Å². The molecule has 1 heterocycles. The Morgan fingerprint density at radius 3 is 2.06 bits per heavy atom. The van der Waals surface area contributed by atoms with Crippen LogP contribution in [0.25, 0.3) is 0 Å². The van der Waals surface area contributed by atoms with Crippen LogP contribution in [-0.4, -0.2) is 18.9 Å². The molecule has 0 radical (unpaired) electrons. The summed E-state index contributed by atoms with van der Waals surface area (Å²) in [4.78, 5) is 12.5. The monoisotopic (exact) mass is 273 g/mol. The molecule has 0 saturated carbocycles. The van der Waals surface area contributed by atoms with Gasteiger partial charge in [-0.1, -0.05) is 6.58 Å². The van der Waals surface area contributed by atoms with Crippen LogP contribution in [0, 0.1) is 0 Å². The van der Waals surface area contributed by atoms with E-state index in [0.29, 0.717) is 11.4 Å². The van der Waals surface area contributed by atoms with Gasteiger partial charge in [0.05, 0.1) is 4.90 Å². The fraction of sp³-hybridized carbons (Fsp3) is 0. The van der Waals surface area contributed by atoms with Crippen molar-refractivity contribution in [3.05, 3.63) is 48.7 Å². The van der Waals surface area contributed by atoms with E-state index in [0.717, 1.165) is 12.1 Å². The molecule has 0 spiro atoms. The largest absolute Gasteiger partial charge is 1.00 e. The SMILES string of the molecule is C=C1C=CC(=O)N1c1ccc(S(=O)(=O)[O-])cc1.[Na+]. The summed E-state index contributed by atoms with van der Waals surface area (Å²) in [6, 6.07) is 5.11. The molecule has 0 bridgehead atoms. The van der Waals surface area contributed by atoms with Crippen LogP contribution >= 0.6 is 0 Å². The predicted octanol–water partition coefficient (Wildman–Crippen LogP) is -1.99. The van der Waals surface area contributed by atoms with Crippen LogP contribution in [0.15, 0.2) is 53.6 Å². The molecule has 1 aromatic rings. The molecular formula is C11H8NNaO4S. The first kappa shape index (κ1) is 15.1. The first-order chi connectivity index (χ1) is 7.89. The second-order valence-electron chi connectivity index (χ2n) is 3.45. The molecule has 1 amide bonds. The van der Waals surface area contributed by atoms with Gasteiger partial charge in [-0.3, -0.25) is 9.69 Å². The Balaban J connectivity index is 0.00000162. The van der Waals surface area contributed by atoms with E-state index in [1.807, 2.05) is 0 Å². The number of amides is 1. The van der Waals surface area contributed by atoms with Crippen molar-refractivity contribution in [3.8, 4) is 0 Å². The molecule has 1 aromatic carbocycles. The van der Waals surface area contributed by atoms with Crippen LogP contribution < -0.4 is 34.5 Å². The van der Waals surface area contributed by atoms with Crippen molar-refractivity contribution in [2.45, 2.75) is 4.90 Å². The summed E-state index contributed by atoms with van der Waals surface area (Å²) >= 11 is 0. The molecule has 18 heavy (non-hydrogen) atoms. The number of allylic oxidation sites excluding steroid dienone is 1. The van der Waals surface area contributed by atoms with E-state index in [9.17, 15) is 17.8 Å². The van der Waals surface area contributed by atoms with Gasteiger partial charge < -0.3 is 4.55 Å². The molecule has 1 aliphatic heterocycles. The average Bonchev–Trinajstić information content (AvgIpc) is 2.58. The molecular weight excluding hydrogens is 265 g/mol. The van der Waals surface area contributed by atoms with Gasteiger partial charge in [0.1, 0.15) is 10.1 Å². The predicted molar refractivity (Wildman–Crippen MR) is 60.2 cm³/mol. The summed E-state index contributed by atoms with van der Waals surface area (Å²) in [5.74, 6) is -0.257. The van der Waals surface area contributed by atoms with Crippen LogP contribution in [0.1, 0.15) is 0 Å². The normalized spacial score (nSPS) is 14.8. The minimum absolute atomic E-state index is 0. The number of benzene rings is 1. The standard InChI is InChI=1S/C11H9NO4S.Na/c1-8-2-7-11(13)12(8)9-3-5-10(6-4-9)17(14,15)16;/h2-7H,1H2,(H,14,15,16);/q;+1/p-1. The summed E-state index contributed by atoms with van der Waals surface area (Å²) in [6.07, 6.45) is 2.92. The first-order valence-corrected chi connectivity index (χ1v) is 6.07. The third-order valence-corrected chi connectivity index (χ3v) is 3.16. The minimum atomic E-state index is -4.46. The average molecular weight is 273 g/mol. The number of hydrogen-bond acceptors (Lipinski definition) is 4. The van der Waals surface area contributed by atoms with Crippen molar-refractivity contribution in [3.63, 3.8) is 0 Å². The number of hydrogen-bond donors (Lipinski definition) is 0. The van der Waals surface area contributed by atoms with Gasteiger partial charge >= 0.3 is 29.6 Å². The van der Waals surface area contributed by atoms with Gasteiger partial charge in [-0.15, -0.1) is 0 Å². The Labute approximate surface area is 127 Å². The molecule has 7 heteroatoms. The van der Waals surface area contributed by atoms with Gasteiger partial charge in [-0.25, -0.2) is 8.42 Å². The molecule has 2 rings (SSSR count). The maximum atomic E-state index is 11.5. The zero-order valence-electron chi connectivity index (χ0n) is 9.66. The van der Waals surface area contributed by atoms with Crippen LogP contribution in [0.3, 0.4) is 0 Å². The smallest absolute Gasteiger partial charge is 0.744 e. The van der Waals surface area contributed by atoms with Crippen LogP contribution in [0.5, 0.6) is 0 Å². The molecule has 0 aromatic heterocycles. The molecule has 0 N–H and O–H groups in total. The van der Waals surface area contributed by atoms with Crippen molar-refractivity contribution in [2.24, 2.45) is 0 Å². The number of carbonyl (C=O) groups is 1. The molecule has 88 valence electrons. The molecule has 0 fully saturated rings. The van der Waals surface area contributed by atoms with E-state index in [4.69, 9.17) is 0 Å². The Kier molecular flexibility index (Phi) is 4.52. The summed E-state index contributed by atoms with van der Waals surface area (Å²) < 4.78 is 32.2. The molecule has 0 unspecified atom stereocenters. The Bertz CT molecular complexity index is 601. The van der Waals surface area contributed by atoms with E-state index in [2.05, 4.69) is 6.58 Å². The van der Waals surface area contributed by atoms with Crippen LogP contribution in [0.2, 0.25) is 0 Å². The van der Waals surface area contributed by atoms with Gasteiger partial charge in [0.2, 0.25) is 0 Å². The van der Waals surface area contributed by atoms with Crippen molar-refractivity contribution in [2.75, 3.05) is 4.90 Å². The zero-order valence-corrected chi connectivity index (χ0v) is 12.5. The van der Waals surface area contributed by atoms with E-state index in [1.54, 1.807) is 6.08 Å². The number of nitrogens with zero attached hydrogens (tertiary/aromatic N) is 1. The topological polar surface area (TPSA) is 77.5 Å². The Morgan fingerprint density at radius 2 is 1.67 bits per heavy atom. The van der Waals surface area contributed by atoms with Crippen molar-refractivity contribution >= 4 is 21.7 Å². The van der Waals surface area contributed by atoms with Crippen molar-refractivity contribution in [1.82, 2.24) is 0 Å².